The quantitative estimate of drug-likeness (QED) is 0.649. The Bertz CT molecular complexity index is 1000. The number of hydrogen-bond donors (Lipinski definition) is 1. The van der Waals surface area contributed by atoms with Gasteiger partial charge in [0, 0.05) is 23.0 Å². The van der Waals surface area contributed by atoms with Gasteiger partial charge in [-0.05, 0) is 59.1 Å². The molecule has 0 aliphatic carbocycles. The summed E-state index contributed by atoms with van der Waals surface area (Å²) in [5.74, 6) is 0.808. The number of rotatable bonds is 3. The van der Waals surface area contributed by atoms with Gasteiger partial charge >= 0.3 is 0 Å². The zero-order valence-electron chi connectivity index (χ0n) is 14.6. The third-order valence-corrected chi connectivity index (χ3v) is 5.39. The first-order chi connectivity index (χ1) is 13.1. The second kappa shape index (κ2) is 7.60. The summed E-state index contributed by atoms with van der Waals surface area (Å²) in [5.41, 5.74) is 1.30. The van der Waals surface area contributed by atoms with E-state index < -0.39 is 5.82 Å². The minimum atomic E-state index is -0.491. The number of fused-ring (bicyclic) bond motifs is 1. The normalized spacial score (nSPS) is 13.7. The van der Waals surface area contributed by atoms with Gasteiger partial charge < -0.3 is 9.88 Å². The van der Waals surface area contributed by atoms with E-state index in [2.05, 4.69) is 36.0 Å². The van der Waals surface area contributed by atoms with E-state index in [0.29, 0.717) is 15.9 Å². The molecule has 0 spiro atoms. The predicted molar refractivity (Wildman–Crippen MR) is 105 cm³/mol. The molecule has 5 nitrogen and oxygen atoms in total. The van der Waals surface area contributed by atoms with Crippen LogP contribution in [0.3, 0.4) is 0 Å². The standard InChI is InChI=1S/C20H18BrFN4O/c21-15-7-4-3-6-14(15)20(27)23-17-12-13(9-10-16(17)22)19-25-24-18-8-2-1-5-11-26(18)19/h3-4,6-7,9-10,12H,1-2,5,8,11H2,(H,23,27). The van der Waals surface area contributed by atoms with Gasteiger partial charge in [0.25, 0.3) is 5.91 Å². The molecule has 0 bridgehead atoms. The number of aryl methyl sites for hydroxylation is 1. The summed E-state index contributed by atoms with van der Waals surface area (Å²) in [7, 11) is 0. The van der Waals surface area contributed by atoms with Gasteiger partial charge in [0.2, 0.25) is 0 Å². The van der Waals surface area contributed by atoms with Crippen molar-refractivity contribution in [3.05, 3.63) is 64.1 Å². The number of aromatic nitrogens is 3. The molecule has 0 atom stereocenters. The number of amides is 1. The summed E-state index contributed by atoms with van der Waals surface area (Å²) in [6.07, 6.45) is 4.25. The lowest BCUT2D eigenvalue weighted by Gasteiger charge is -2.11. The summed E-state index contributed by atoms with van der Waals surface area (Å²) in [4.78, 5) is 12.5. The van der Waals surface area contributed by atoms with Crippen molar-refractivity contribution in [2.24, 2.45) is 0 Å². The predicted octanol–water partition coefficient (Wildman–Crippen LogP) is 4.83. The first-order valence-corrected chi connectivity index (χ1v) is 9.70. The van der Waals surface area contributed by atoms with Crippen LogP contribution < -0.4 is 5.32 Å². The summed E-state index contributed by atoms with van der Waals surface area (Å²) >= 11 is 3.35. The fraction of sp³-hybridized carbons (Fsp3) is 0.250. The molecule has 4 rings (SSSR count). The number of carbonyl (C=O) groups excluding carboxylic acids is 1. The maximum Gasteiger partial charge on any atom is 0.256 e. The van der Waals surface area contributed by atoms with Crippen LogP contribution in [0.5, 0.6) is 0 Å². The van der Waals surface area contributed by atoms with Gasteiger partial charge in [-0.2, -0.15) is 0 Å². The Hall–Kier alpha value is -2.54. The zero-order chi connectivity index (χ0) is 18.8. The Morgan fingerprint density at radius 1 is 1.11 bits per heavy atom. The Kier molecular flexibility index (Phi) is 5.03. The van der Waals surface area contributed by atoms with Crippen molar-refractivity contribution in [1.29, 1.82) is 0 Å². The lowest BCUT2D eigenvalue weighted by atomic mass is 10.1. The second-order valence-electron chi connectivity index (χ2n) is 6.53. The van der Waals surface area contributed by atoms with Gasteiger partial charge in [-0.25, -0.2) is 4.39 Å². The molecule has 0 radical (unpaired) electrons. The molecule has 3 aromatic rings. The van der Waals surface area contributed by atoms with Crippen molar-refractivity contribution in [3.63, 3.8) is 0 Å². The minimum Gasteiger partial charge on any atom is -0.319 e. The number of halogens is 2. The number of carbonyl (C=O) groups is 1. The summed E-state index contributed by atoms with van der Waals surface area (Å²) in [5, 5.41) is 11.3. The fourth-order valence-electron chi connectivity index (χ4n) is 3.29. The first-order valence-electron chi connectivity index (χ1n) is 8.91. The maximum atomic E-state index is 14.3. The van der Waals surface area contributed by atoms with Crippen molar-refractivity contribution in [2.75, 3.05) is 5.32 Å². The van der Waals surface area contributed by atoms with Crippen molar-refractivity contribution < 1.29 is 9.18 Å². The van der Waals surface area contributed by atoms with Crippen molar-refractivity contribution in [3.8, 4) is 11.4 Å². The molecular formula is C20H18BrFN4O. The number of benzene rings is 2. The molecule has 0 fully saturated rings. The van der Waals surface area contributed by atoms with E-state index in [0.717, 1.165) is 37.2 Å². The molecular weight excluding hydrogens is 411 g/mol. The minimum absolute atomic E-state index is 0.124. The van der Waals surface area contributed by atoms with Gasteiger partial charge in [0.05, 0.1) is 11.3 Å². The molecule has 1 N–H and O–H groups in total. The Morgan fingerprint density at radius 3 is 2.81 bits per heavy atom. The third kappa shape index (κ3) is 3.64. The molecule has 2 aromatic carbocycles. The van der Waals surface area contributed by atoms with E-state index in [1.807, 2.05) is 6.07 Å². The van der Waals surface area contributed by atoms with Crippen LogP contribution in [0.15, 0.2) is 46.9 Å². The average molecular weight is 429 g/mol. The van der Waals surface area contributed by atoms with Crippen molar-refractivity contribution >= 4 is 27.5 Å². The highest BCUT2D eigenvalue weighted by Gasteiger charge is 2.18. The molecule has 1 aromatic heterocycles. The molecule has 1 amide bonds. The highest BCUT2D eigenvalue weighted by molar-refractivity contribution is 9.10. The van der Waals surface area contributed by atoms with Gasteiger partial charge in [0.15, 0.2) is 5.82 Å². The lowest BCUT2D eigenvalue weighted by Crippen LogP contribution is -2.13. The lowest BCUT2D eigenvalue weighted by molar-refractivity contribution is 0.102. The van der Waals surface area contributed by atoms with E-state index in [4.69, 9.17) is 0 Å². The van der Waals surface area contributed by atoms with E-state index in [1.165, 1.54) is 12.5 Å². The topological polar surface area (TPSA) is 59.8 Å². The Labute approximate surface area is 164 Å². The number of hydrogen-bond acceptors (Lipinski definition) is 3. The van der Waals surface area contributed by atoms with Gasteiger partial charge in [-0.3, -0.25) is 4.79 Å². The van der Waals surface area contributed by atoms with Gasteiger partial charge in [-0.15, -0.1) is 10.2 Å². The highest BCUT2D eigenvalue weighted by Crippen LogP contribution is 2.27. The third-order valence-electron chi connectivity index (χ3n) is 4.70. The van der Waals surface area contributed by atoms with Crippen LogP contribution in [-0.4, -0.2) is 20.7 Å². The highest BCUT2D eigenvalue weighted by atomic mass is 79.9. The van der Waals surface area contributed by atoms with Crippen LogP contribution in [0, 0.1) is 5.82 Å². The molecule has 0 unspecified atom stereocenters. The zero-order valence-corrected chi connectivity index (χ0v) is 16.2. The molecule has 0 saturated heterocycles. The first kappa shape index (κ1) is 17.9. The van der Waals surface area contributed by atoms with Gasteiger partial charge in [0.1, 0.15) is 11.6 Å². The molecule has 27 heavy (non-hydrogen) atoms. The summed E-state index contributed by atoms with van der Waals surface area (Å²) in [6, 6.07) is 11.7. The summed E-state index contributed by atoms with van der Waals surface area (Å²) < 4.78 is 17.1. The van der Waals surface area contributed by atoms with E-state index in [1.54, 1.807) is 30.3 Å². The molecule has 1 aliphatic heterocycles. The molecule has 138 valence electrons. The van der Waals surface area contributed by atoms with Crippen LogP contribution in [0.4, 0.5) is 10.1 Å². The second-order valence-corrected chi connectivity index (χ2v) is 7.39. The Morgan fingerprint density at radius 2 is 1.96 bits per heavy atom. The van der Waals surface area contributed by atoms with E-state index in [-0.39, 0.29) is 11.6 Å². The number of anilines is 1. The monoisotopic (exact) mass is 428 g/mol. The summed E-state index contributed by atoms with van der Waals surface area (Å²) in [6.45, 7) is 0.855. The molecule has 2 heterocycles. The van der Waals surface area contributed by atoms with Crippen LogP contribution >= 0.6 is 15.9 Å². The van der Waals surface area contributed by atoms with E-state index in [9.17, 15) is 9.18 Å². The molecule has 1 aliphatic rings. The Balaban J connectivity index is 1.66. The largest absolute Gasteiger partial charge is 0.319 e. The van der Waals surface area contributed by atoms with Crippen LogP contribution in [-0.2, 0) is 13.0 Å². The number of nitrogens with zero attached hydrogens (tertiary/aromatic N) is 3. The van der Waals surface area contributed by atoms with Crippen LogP contribution in [0.2, 0.25) is 0 Å². The van der Waals surface area contributed by atoms with Crippen LogP contribution in [0.1, 0.15) is 35.4 Å². The molecule has 7 heteroatoms. The fourth-order valence-corrected chi connectivity index (χ4v) is 3.76. The maximum absolute atomic E-state index is 14.3. The average Bonchev–Trinajstić information content (AvgIpc) is 2.92. The van der Waals surface area contributed by atoms with E-state index >= 15 is 0 Å². The number of nitrogens with one attached hydrogen (secondary N) is 1. The SMILES string of the molecule is O=C(Nc1cc(-c2nnc3n2CCCCC3)ccc1F)c1ccccc1Br. The van der Waals surface area contributed by atoms with Gasteiger partial charge in [-0.1, -0.05) is 18.6 Å². The van der Waals surface area contributed by atoms with Crippen molar-refractivity contribution in [1.82, 2.24) is 14.8 Å². The van der Waals surface area contributed by atoms with Crippen molar-refractivity contribution in [2.45, 2.75) is 32.2 Å². The van der Waals surface area contributed by atoms with Crippen LogP contribution in [0.25, 0.3) is 11.4 Å². The smallest absolute Gasteiger partial charge is 0.256 e. The molecule has 0 saturated carbocycles.